The van der Waals surface area contributed by atoms with Gasteiger partial charge in [-0.3, -0.25) is 9.59 Å². The van der Waals surface area contributed by atoms with Crippen LogP contribution < -0.4 is 0 Å². The fraction of sp³-hybridized carbons (Fsp3) is 0.812. The van der Waals surface area contributed by atoms with Gasteiger partial charge in [0.05, 0.1) is 0 Å². The van der Waals surface area contributed by atoms with Gasteiger partial charge in [0.25, 0.3) is 0 Å². The normalized spacial score (nSPS) is 15.4. The average Bonchev–Trinajstić information content (AvgIpc) is 3.04. The van der Waals surface area contributed by atoms with Crippen LogP contribution in [0.4, 0.5) is 0 Å². The Bertz CT molecular complexity index is 571. The maximum absolute atomic E-state index is 12.4. The third-order valence-electron chi connectivity index (χ3n) is 4.55. The minimum absolute atomic E-state index is 0.0602. The Kier molecular flexibility index (Phi) is 7.67. The Labute approximate surface area is 153 Å². The van der Waals surface area contributed by atoms with Gasteiger partial charge in [0, 0.05) is 51.8 Å². The number of aromatic nitrogens is 4. The Hall–Kier alpha value is -1.64. The molecule has 8 nitrogen and oxygen atoms in total. The van der Waals surface area contributed by atoms with E-state index < -0.39 is 0 Å². The number of aryl methyl sites for hydroxylation is 1. The molecule has 25 heavy (non-hydrogen) atoms. The highest BCUT2D eigenvalue weighted by atomic mass is 32.2. The van der Waals surface area contributed by atoms with Crippen LogP contribution in [-0.4, -0.2) is 74.3 Å². The molecule has 0 N–H and O–H groups in total. The van der Waals surface area contributed by atoms with E-state index in [-0.39, 0.29) is 17.7 Å². The summed E-state index contributed by atoms with van der Waals surface area (Å²) in [6.07, 6.45) is 4.13. The van der Waals surface area contributed by atoms with Crippen LogP contribution in [0, 0.1) is 5.92 Å². The molecule has 1 aromatic rings. The number of piperidine rings is 1. The Morgan fingerprint density at radius 1 is 1.32 bits per heavy atom. The van der Waals surface area contributed by atoms with Gasteiger partial charge in [0.15, 0.2) is 0 Å². The van der Waals surface area contributed by atoms with Crippen molar-refractivity contribution < 1.29 is 9.59 Å². The van der Waals surface area contributed by atoms with Crippen molar-refractivity contribution in [3.8, 4) is 0 Å². The van der Waals surface area contributed by atoms with E-state index in [1.807, 2.05) is 16.8 Å². The van der Waals surface area contributed by atoms with E-state index in [0.29, 0.717) is 30.4 Å². The second-order valence-corrected chi connectivity index (χ2v) is 7.51. The minimum Gasteiger partial charge on any atom is -0.346 e. The topological polar surface area (TPSA) is 84.2 Å². The SMILES string of the molecule is CCCCN(C)C(=O)C1CCN(C(=O)CCSc2nnnn2C)CC1. The zero-order valence-corrected chi connectivity index (χ0v) is 16.2. The molecule has 0 spiro atoms. The summed E-state index contributed by atoms with van der Waals surface area (Å²) in [5.74, 6) is 1.09. The summed E-state index contributed by atoms with van der Waals surface area (Å²) in [4.78, 5) is 28.5. The zero-order valence-electron chi connectivity index (χ0n) is 15.3. The predicted octanol–water partition coefficient (Wildman–Crippen LogP) is 1.19. The lowest BCUT2D eigenvalue weighted by Gasteiger charge is -2.33. The third-order valence-corrected chi connectivity index (χ3v) is 5.56. The number of hydrogen-bond donors (Lipinski definition) is 0. The van der Waals surface area contributed by atoms with Crippen molar-refractivity contribution in [3.05, 3.63) is 0 Å². The molecule has 0 aliphatic carbocycles. The lowest BCUT2D eigenvalue weighted by atomic mass is 9.95. The first-order valence-corrected chi connectivity index (χ1v) is 9.89. The van der Waals surface area contributed by atoms with Gasteiger partial charge in [-0.25, -0.2) is 4.68 Å². The molecular formula is C16H28N6O2S. The first-order valence-electron chi connectivity index (χ1n) is 8.90. The molecule has 0 atom stereocenters. The maximum Gasteiger partial charge on any atom is 0.225 e. The van der Waals surface area contributed by atoms with Gasteiger partial charge < -0.3 is 9.80 Å². The number of carbonyl (C=O) groups excluding carboxylic acids is 2. The molecule has 1 aromatic heterocycles. The Morgan fingerprint density at radius 2 is 2.04 bits per heavy atom. The molecule has 0 bridgehead atoms. The molecule has 2 rings (SSSR count). The Morgan fingerprint density at radius 3 is 2.64 bits per heavy atom. The highest BCUT2D eigenvalue weighted by Crippen LogP contribution is 2.21. The van der Waals surface area contributed by atoms with Crippen LogP contribution in [0.1, 0.15) is 39.0 Å². The first-order chi connectivity index (χ1) is 12.0. The fourth-order valence-corrected chi connectivity index (χ4v) is 3.70. The van der Waals surface area contributed by atoms with Crippen molar-refractivity contribution in [3.63, 3.8) is 0 Å². The lowest BCUT2D eigenvalue weighted by molar-refractivity contribution is -0.139. The molecule has 140 valence electrons. The number of likely N-dealkylation sites (tertiary alicyclic amines) is 1. The van der Waals surface area contributed by atoms with Crippen LogP contribution in [0.5, 0.6) is 0 Å². The molecule has 1 aliphatic heterocycles. The van der Waals surface area contributed by atoms with Crippen molar-refractivity contribution in [2.45, 2.75) is 44.2 Å². The number of thioether (sulfide) groups is 1. The molecule has 0 aromatic carbocycles. The van der Waals surface area contributed by atoms with Crippen LogP contribution >= 0.6 is 11.8 Å². The fourth-order valence-electron chi connectivity index (χ4n) is 2.92. The Balaban J connectivity index is 1.69. The van der Waals surface area contributed by atoms with E-state index in [4.69, 9.17) is 0 Å². The molecule has 2 heterocycles. The average molecular weight is 369 g/mol. The molecule has 9 heteroatoms. The molecule has 0 unspecified atom stereocenters. The number of unbranched alkanes of at least 4 members (excludes halogenated alkanes) is 1. The minimum atomic E-state index is 0.0602. The molecule has 1 saturated heterocycles. The van der Waals surface area contributed by atoms with Crippen LogP contribution in [0.3, 0.4) is 0 Å². The molecule has 1 fully saturated rings. The summed E-state index contributed by atoms with van der Waals surface area (Å²) in [5, 5.41) is 11.9. The van der Waals surface area contributed by atoms with Crippen molar-refractivity contribution in [2.24, 2.45) is 13.0 Å². The van der Waals surface area contributed by atoms with Crippen LogP contribution in [0.2, 0.25) is 0 Å². The van der Waals surface area contributed by atoms with E-state index in [9.17, 15) is 9.59 Å². The van der Waals surface area contributed by atoms with Crippen molar-refractivity contribution in [2.75, 3.05) is 32.4 Å². The highest BCUT2D eigenvalue weighted by Gasteiger charge is 2.28. The van der Waals surface area contributed by atoms with Crippen LogP contribution in [-0.2, 0) is 16.6 Å². The zero-order chi connectivity index (χ0) is 18.2. The third kappa shape index (κ3) is 5.69. The number of rotatable bonds is 8. The van der Waals surface area contributed by atoms with Gasteiger partial charge in [-0.05, 0) is 29.7 Å². The summed E-state index contributed by atoms with van der Waals surface area (Å²) >= 11 is 1.48. The van der Waals surface area contributed by atoms with Crippen molar-refractivity contribution in [1.29, 1.82) is 0 Å². The van der Waals surface area contributed by atoms with Gasteiger partial charge in [0.2, 0.25) is 17.0 Å². The van der Waals surface area contributed by atoms with Crippen LogP contribution in [0.25, 0.3) is 0 Å². The monoisotopic (exact) mass is 368 g/mol. The van der Waals surface area contributed by atoms with E-state index in [1.165, 1.54) is 11.8 Å². The number of tetrazole rings is 1. The number of nitrogens with zero attached hydrogens (tertiary/aromatic N) is 6. The molecule has 0 saturated carbocycles. The van der Waals surface area contributed by atoms with E-state index in [0.717, 1.165) is 32.2 Å². The maximum atomic E-state index is 12.4. The van der Waals surface area contributed by atoms with Gasteiger partial charge >= 0.3 is 0 Å². The molecule has 2 amide bonds. The van der Waals surface area contributed by atoms with E-state index >= 15 is 0 Å². The summed E-state index contributed by atoms with van der Waals surface area (Å²) in [6.45, 7) is 4.30. The standard InChI is InChI=1S/C16H28N6O2S/c1-4-5-9-20(2)15(24)13-6-10-22(11-7-13)14(23)8-12-25-16-17-18-19-21(16)3/h13H,4-12H2,1-3H3. The van der Waals surface area contributed by atoms with Crippen LogP contribution in [0.15, 0.2) is 5.16 Å². The van der Waals surface area contributed by atoms with Crippen molar-refractivity contribution >= 4 is 23.6 Å². The quantitative estimate of drug-likeness (QED) is 0.641. The second kappa shape index (κ2) is 9.74. The highest BCUT2D eigenvalue weighted by molar-refractivity contribution is 7.99. The molecule has 0 radical (unpaired) electrons. The summed E-state index contributed by atoms with van der Waals surface area (Å²) in [6, 6.07) is 0. The van der Waals surface area contributed by atoms with Gasteiger partial charge in [0.1, 0.15) is 0 Å². The number of amides is 2. The number of hydrogen-bond acceptors (Lipinski definition) is 6. The summed E-state index contributed by atoms with van der Waals surface area (Å²) in [7, 11) is 3.66. The summed E-state index contributed by atoms with van der Waals surface area (Å²) < 4.78 is 1.60. The lowest BCUT2D eigenvalue weighted by Crippen LogP contribution is -2.43. The molecule has 1 aliphatic rings. The smallest absolute Gasteiger partial charge is 0.225 e. The van der Waals surface area contributed by atoms with E-state index in [1.54, 1.807) is 11.7 Å². The largest absolute Gasteiger partial charge is 0.346 e. The van der Waals surface area contributed by atoms with Crippen molar-refractivity contribution in [1.82, 2.24) is 30.0 Å². The predicted molar refractivity (Wildman–Crippen MR) is 96.0 cm³/mol. The molecular weight excluding hydrogens is 340 g/mol. The first kappa shape index (κ1) is 19.7. The van der Waals surface area contributed by atoms with Gasteiger partial charge in [-0.15, -0.1) is 5.10 Å². The van der Waals surface area contributed by atoms with E-state index in [2.05, 4.69) is 22.4 Å². The summed E-state index contributed by atoms with van der Waals surface area (Å²) in [5.41, 5.74) is 0. The van der Waals surface area contributed by atoms with Gasteiger partial charge in [-0.1, -0.05) is 25.1 Å². The second-order valence-electron chi connectivity index (χ2n) is 6.45. The number of carbonyl (C=O) groups is 2. The van der Waals surface area contributed by atoms with Gasteiger partial charge in [-0.2, -0.15) is 0 Å².